The van der Waals surface area contributed by atoms with Gasteiger partial charge in [0.1, 0.15) is 0 Å². The van der Waals surface area contributed by atoms with E-state index >= 15 is 0 Å². The van der Waals surface area contributed by atoms with E-state index in [1.807, 2.05) is 0 Å². The van der Waals surface area contributed by atoms with Crippen LogP contribution >= 0.6 is 0 Å². The molecule has 6 nitrogen and oxygen atoms in total. The summed E-state index contributed by atoms with van der Waals surface area (Å²) in [7, 11) is 0. The van der Waals surface area contributed by atoms with Crippen molar-refractivity contribution in [1.29, 1.82) is 0 Å². The average molecular weight is 443 g/mol. The Kier molecular flexibility index (Phi) is 5.28. The maximum absolute atomic E-state index is 13.1. The number of likely N-dealkylation sites (tertiary alicyclic amines) is 1. The van der Waals surface area contributed by atoms with Crippen molar-refractivity contribution in [1.82, 2.24) is 4.90 Å². The highest BCUT2D eigenvalue weighted by Crippen LogP contribution is 2.45. The summed E-state index contributed by atoms with van der Waals surface area (Å²) in [5.41, 5.74) is 5.18. The van der Waals surface area contributed by atoms with Crippen molar-refractivity contribution in [2.75, 3.05) is 18.4 Å². The maximum atomic E-state index is 13.1. The summed E-state index contributed by atoms with van der Waals surface area (Å²) in [6, 6.07) is 9.86. The van der Waals surface area contributed by atoms with E-state index < -0.39 is 29.0 Å². The fraction of sp³-hybridized carbons (Fsp3) is 0.261. The van der Waals surface area contributed by atoms with E-state index in [0.717, 1.165) is 17.7 Å². The van der Waals surface area contributed by atoms with Gasteiger partial charge in [-0.25, -0.2) is 0 Å². The van der Waals surface area contributed by atoms with Crippen molar-refractivity contribution in [3.05, 3.63) is 70.8 Å². The normalized spacial score (nSPS) is 17.5. The Morgan fingerprint density at radius 1 is 1.09 bits per heavy atom. The Balaban J connectivity index is 1.48. The molecule has 3 amide bonds. The molecular weight excluding hydrogens is 423 g/mol. The van der Waals surface area contributed by atoms with Gasteiger partial charge in [-0.05, 0) is 48.2 Å². The minimum atomic E-state index is -4.51. The largest absolute Gasteiger partial charge is 0.416 e. The topological polar surface area (TPSA) is 92.5 Å². The number of nitrogens with one attached hydrogen (secondary N) is 1. The predicted molar refractivity (Wildman–Crippen MR) is 112 cm³/mol. The van der Waals surface area contributed by atoms with Gasteiger partial charge in [0, 0.05) is 30.4 Å². The second-order valence-corrected chi connectivity index (χ2v) is 7.90. The molecule has 2 aliphatic heterocycles. The van der Waals surface area contributed by atoms with E-state index in [0.29, 0.717) is 18.5 Å². The molecule has 3 N–H and O–H groups in total. The zero-order valence-electron chi connectivity index (χ0n) is 16.9. The van der Waals surface area contributed by atoms with E-state index in [-0.39, 0.29) is 30.1 Å². The molecule has 0 radical (unpaired) electrons. The van der Waals surface area contributed by atoms with Crippen molar-refractivity contribution in [2.24, 2.45) is 5.73 Å². The number of hydrogen-bond donors (Lipinski definition) is 2. The van der Waals surface area contributed by atoms with Crippen LogP contribution in [-0.4, -0.2) is 35.7 Å². The number of fused-ring (bicyclic) bond motifs is 2. The first-order valence-corrected chi connectivity index (χ1v) is 10.0. The van der Waals surface area contributed by atoms with E-state index in [2.05, 4.69) is 5.32 Å². The van der Waals surface area contributed by atoms with Crippen molar-refractivity contribution in [3.8, 4) is 0 Å². The number of rotatable bonds is 3. The van der Waals surface area contributed by atoms with Gasteiger partial charge in [0.2, 0.25) is 17.7 Å². The van der Waals surface area contributed by atoms with Gasteiger partial charge in [0.05, 0.1) is 11.0 Å². The highest BCUT2D eigenvalue weighted by molar-refractivity contribution is 6.08. The molecule has 0 bridgehead atoms. The summed E-state index contributed by atoms with van der Waals surface area (Å²) in [6.45, 7) is 0.545. The number of benzene rings is 2. The Morgan fingerprint density at radius 2 is 1.78 bits per heavy atom. The summed E-state index contributed by atoms with van der Waals surface area (Å²) in [6.07, 6.45) is -1.50. The van der Waals surface area contributed by atoms with E-state index in [4.69, 9.17) is 5.73 Å². The van der Waals surface area contributed by atoms with Crippen molar-refractivity contribution < 1.29 is 27.6 Å². The van der Waals surface area contributed by atoms with Gasteiger partial charge in [-0.15, -0.1) is 0 Å². The van der Waals surface area contributed by atoms with Gasteiger partial charge in [0.25, 0.3) is 0 Å². The molecule has 166 valence electrons. The third-order valence-electron chi connectivity index (χ3n) is 6.10. The third-order valence-corrected chi connectivity index (χ3v) is 6.10. The first-order chi connectivity index (χ1) is 15.1. The SMILES string of the molecule is NC(=O)c1ccc2c(c1)NC(=O)C21CCN(C(=O)/C=C/c2ccccc2C(F)(F)F)CC1. The predicted octanol–water partition coefficient (Wildman–Crippen LogP) is 3.33. The van der Waals surface area contributed by atoms with Crippen LogP contribution in [0.25, 0.3) is 6.08 Å². The summed E-state index contributed by atoms with van der Waals surface area (Å²) >= 11 is 0. The Hall–Kier alpha value is -3.62. The first kappa shape index (κ1) is 21.6. The number of alkyl halides is 3. The van der Waals surface area contributed by atoms with Crippen LogP contribution in [0, 0.1) is 0 Å². The molecule has 9 heteroatoms. The highest BCUT2D eigenvalue weighted by Gasteiger charge is 2.48. The van der Waals surface area contributed by atoms with Crippen LogP contribution in [0.15, 0.2) is 48.5 Å². The molecule has 2 aliphatic rings. The molecular formula is C23H20F3N3O3. The van der Waals surface area contributed by atoms with Gasteiger partial charge in [-0.2, -0.15) is 13.2 Å². The number of primary amides is 1. The molecule has 0 aromatic heterocycles. The number of carbonyl (C=O) groups is 3. The van der Waals surface area contributed by atoms with Crippen LogP contribution in [0.1, 0.15) is 39.9 Å². The molecule has 1 fully saturated rings. The smallest absolute Gasteiger partial charge is 0.366 e. The average Bonchev–Trinajstić information content (AvgIpc) is 3.02. The molecule has 2 aromatic rings. The number of nitrogens with two attached hydrogens (primary N) is 1. The molecule has 0 atom stereocenters. The lowest BCUT2D eigenvalue weighted by molar-refractivity contribution is -0.137. The van der Waals surface area contributed by atoms with Crippen LogP contribution in [0.3, 0.4) is 0 Å². The van der Waals surface area contributed by atoms with Crippen LogP contribution < -0.4 is 11.1 Å². The van der Waals surface area contributed by atoms with Crippen molar-refractivity contribution >= 4 is 29.5 Å². The van der Waals surface area contributed by atoms with Crippen molar-refractivity contribution in [2.45, 2.75) is 24.4 Å². The van der Waals surface area contributed by atoms with Gasteiger partial charge in [0.15, 0.2) is 0 Å². The fourth-order valence-electron chi connectivity index (χ4n) is 4.35. The van der Waals surface area contributed by atoms with Crippen LogP contribution in [-0.2, 0) is 21.2 Å². The lowest BCUT2D eigenvalue weighted by atomic mass is 9.73. The highest BCUT2D eigenvalue weighted by atomic mass is 19.4. The lowest BCUT2D eigenvalue weighted by Gasteiger charge is -2.37. The Labute approximate surface area is 181 Å². The molecule has 4 rings (SSSR count). The zero-order valence-corrected chi connectivity index (χ0v) is 16.9. The molecule has 1 spiro atoms. The summed E-state index contributed by atoms with van der Waals surface area (Å²) in [4.78, 5) is 38.3. The molecule has 0 aliphatic carbocycles. The van der Waals surface area contributed by atoms with Gasteiger partial charge in [-0.1, -0.05) is 24.3 Å². The zero-order chi connectivity index (χ0) is 23.1. The van der Waals surface area contributed by atoms with Crippen LogP contribution in [0.4, 0.5) is 18.9 Å². The molecule has 0 saturated carbocycles. The second kappa shape index (κ2) is 7.81. The van der Waals surface area contributed by atoms with Gasteiger partial charge >= 0.3 is 6.18 Å². The van der Waals surface area contributed by atoms with Crippen LogP contribution in [0.5, 0.6) is 0 Å². The summed E-state index contributed by atoms with van der Waals surface area (Å²) in [5, 5.41) is 2.79. The molecule has 32 heavy (non-hydrogen) atoms. The number of carbonyl (C=O) groups excluding carboxylic acids is 3. The number of nitrogens with zero attached hydrogens (tertiary/aromatic N) is 1. The number of hydrogen-bond acceptors (Lipinski definition) is 3. The number of amides is 3. The van der Waals surface area contributed by atoms with E-state index in [1.54, 1.807) is 18.2 Å². The standard InChI is InChI=1S/C23H20F3N3O3/c24-23(25,26)16-4-2-1-3-14(16)6-8-19(30)29-11-9-22(10-12-29)17-7-5-15(20(27)31)13-18(17)28-21(22)32/h1-8,13H,9-12H2,(H2,27,31)(H,28,32)/b8-6+. The quantitative estimate of drug-likeness (QED) is 0.713. The summed E-state index contributed by atoms with van der Waals surface area (Å²) < 4.78 is 39.4. The molecule has 0 unspecified atom stereocenters. The van der Waals surface area contributed by atoms with E-state index in [1.165, 1.54) is 29.2 Å². The minimum absolute atomic E-state index is 0.0869. The van der Waals surface area contributed by atoms with Crippen molar-refractivity contribution in [3.63, 3.8) is 0 Å². The van der Waals surface area contributed by atoms with E-state index in [9.17, 15) is 27.6 Å². The Morgan fingerprint density at radius 3 is 2.44 bits per heavy atom. The minimum Gasteiger partial charge on any atom is -0.366 e. The number of piperidine rings is 1. The Bertz CT molecular complexity index is 1130. The molecule has 1 saturated heterocycles. The lowest BCUT2D eigenvalue weighted by Crippen LogP contribution is -2.47. The van der Waals surface area contributed by atoms with Gasteiger partial charge < -0.3 is 16.0 Å². The summed E-state index contributed by atoms with van der Waals surface area (Å²) in [5.74, 6) is -1.21. The molecule has 2 heterocycles. The first-order valence-electron chi connectivity index (χ1n) is 10.0. The monoisotopic (exact) mass is 443 g/mol. The maximum Gasteiger partial charge on any atom is 0.416 e. The third kappa shape index (κ3) is 3.74. The van der Waals surface area contributed by atoms with Crippen LogP contribution in [0.2, 0.25) is 0 Å². The van der Waals surface area contributed by atoms with Gasteiger partial charge in [-0.3, -0.25) is 14.4 Å². The number of halogens is 3. The number of anilines is 1. The molecule has 2 aromatic carbocycles. The fourth-order valence-corrected chi connectivity index (χ4v) is 4.35. The second-order valence-electron chi connectivity index (χ2n) is 7.90.